The molecule has 2 aliphatic rings. The van der Waals surface area contributed by atoms with E-state index in [0.29, 0.717) is 17.7 Å². The predicted molar refractivity (Wildman–Crippen MR) is 95.4 cm³/mol. The zero-order valence-electron chi connectivity index (χ0n) is 14.0. The Morgan fingerprint density at radius 3 is 2.86 bits per heavy atom. The number of rotatable bonds is 2. The van der Waals surface area contributed by atoms with Crippen LogP contribution in [0, 0.1) is 5.92 Å². The van der Waals surface area contributed by atoms with Gasteiger partial charge in [0.05, 0.1) is 4.47 Å². The van der Waals surface area contributed by atoms with Crippen LogP contribution in [0.15, 0.2) is 28.3 Å². The molecule has 0 saturated carbocycles. The summed E-state index contributed by atoms with van der Waals surface area (Å²) in [5.74, 6) is 0.968. The molecule has 2 nitrogen and oxygen atoms in total. The first kappa shape index (κ1) is 16.1. The van der Waals surface area contributed by atoms with Crippen molar-refractivity contribution >= 4 is 15.9 Å². The van der Waals surface area contributed by atoms with E-state index in [1.54, 1.807) is 0 Å². The van der Waals surface area contributed by atoms with E-state index < -0.39 is 0 Å². The number of phenolic OH excluding ortho intramolecular Hbond substituents is 1. The molecule has 1 aromatic carbocycles. The summed E-state index contributed by atoms with van der Waals surface area (Å²) in [5, 5.41) is 10.1. The fourth-order valence-corrected chi connectivity index (χ4v) is 5.15. The Labute approximate surface area is 142 Å². The third kappa shape index (κ3) is 2.43. The van der Waals surface area contributed by atoms with Gasteiger partial charge in [0.1, 0.15) is 5.75 Å². The van der Waals surface area contributed by atoms with Gasteiger partial charge < -0.3 is 5.11 Å². The van der Waals surface area contributed by atoms with Crippen LogP contribution in [0.2, 0.25) is 0 Å². The normalized spacial score (nSPS) is 30.8. The third-order valence-electron chi connectivity index (χ3n) is 5.91. The molecule has 3 heteroatoms. The van der Waals surface area contributed by atoms with Crippen molar-refractivity contribution in [1.29, 1.82) is 0 Å². The molecular formula is C19H26BrNO. The summed E-state index contributed by atoms with van der Waals surface area (Å²) in [5.41, 5.74) is 4.29. The number of phenols is 1. The molecule has 0 radical (unpaired) electrons. The lowest BCUT2D eigenvalue weighted by Gasteiger charge is -2.54. The summed E-state index contributed by atoms with van der Waals surface area (Å²) in [6, 6.07) is 4.55. The average Bonchev–Trinajstić information content (AvgIpc) is 2.45. The van der Waals surface area contributed by atoms with Crippen LogP contribution >= 0.6 is 15.9 Å². The van der Waals surface area contributed by atoms with E-state index in [-0.39, 0.29) is 5.41 Å². The van der Waals surface area contributed by atoms with Gasteiger partial charge in [0.25, 0.3) is 0 Å². The molecule has 1 aromatic rings. The summed E-state index contributed by atoms with van der Waals surface area (Å²) in [6.45, 7) is 11.3. The molecule has 2 bridgehead atoms. The molecule has 22 heavy (non-hydrogen) atoms. The molecular weight excluding hydrogens is 338 g/mol. The minimum atomic E-state index is 0.150. The van der Waals surface area contributed by atoms with Gasteiger partial charge in [-0.3, -0.25) is 4.90 Å². The number of hydrogen-bond donors (Lipinski definition) is 1. The zero-order chi connectivity index (χ0) is 16.1. The molecule has 3 rings (SSSR count). The van der Waals surface area contributed by atoms with E-state index in [1.165, 1.54) is 16.7 Å². The van der Waals surface area contributed by atoms with Gasteiger partial charge in [-0.05, 0) is 77.7 Å². The second-order valence-electron chi connectivity index (χ2n) is 7.44. The topological polar surface area (TPSA) is 23.5 Å². The van der Waals surface area contributed by atoms with Crippen LogP contribution in [0.3, 0.4) is 0 Å². The highest BCUT2D eigenvalue weighted by atomic mass is 79.9. The molecule has 1 saturated heterocycles. The van der Waals surface area contributed by atoms with E-state index in [9.17, 15) is 5.11 Å². The number of allylic oxidation sites excluding steroid dienone is 1. The lowest BCUT2D eigenvalue weighted by molar-refractivity contribution is 0.0392. The SMILES string of the molecule is CC(C)=CCN1CC[C@]2(C)c3c(ccc(O)c3Br)C[C@H]1[C@H]2C. The maximum Gasteiger partial charge on any atom is 0.130 e. The lowest BCUT2D eigenvalue weighted by atomic mass is 9.59. The molecule has 1 N–H and O–H groups in total. The fourth-order valence-electron chi connectivity index (χ4n) is 4.31. The lowest BCUT2D eigenvalue weighted by Crippen LogP contribution is -2.58. The zero-order valence-corrected chi connectivity index (χ0v) is 15.6. The number of likely N-dealkylation sites (tertiary alicyclic amines) is 1. The Morgan fingerprint density at radius 2 is 2.18 bits per heavy atom. The largest absolute Gasteiger partial charge is 0.507 e. The first-order valence-electron chi connectivity index (χ1n) is 8.23. The van der Waals surface area contributed by atoms with Gasteiger partial charge in [0.15, 0.2) is 0 Å². The minimum absolute atomic E-state index is 0.150. The first-order valence-corrected chi connectivity index (χ1v) is 9.02. The molecule has 0 spiro atoms. The van der Waals surface area contributed by atoms with Gasteiger partial charge in [-0.2, -0.15) is 0 Å². The highest BCUT2D eigenvalue weighted by Crippen LogP contribution is 2.52. The second-order valence-corrected chi connectivity index (χ2v) is 8.23. The van der Waals surface area contributed by atoms with Crippen LogP contribution in [0.4, 0.5) is 0 Å². The maximum absolute atomic E-state index is 10.1. The van der Waals surface area contributed by atoms with Crippen molar-refractivity contribution in [1.82, 2.24) is 4.90 Å². The Morgan fingerprint density at radius 1 is 1.45 bits per heavy atom. The Bertz CT molecular complexity index is 620. The van der Waals surface area contributed by atoms with Crippen LogP contribution in [0.25, 0.3) is 0 Å². The maximum atomic E-state index is 10.1. The molecule has 1 aliphatic carbocycles. The van der Waals surface area contributed by atoms with Crippen LogP contribution in [0.5, 0.6) is 5.75 Å². The highest BCUT2D eigenvalue weighted by Gasteiger charge is 2.49. The number of benzene rings is 1. The summed E-state index contributed by atoms with van der Waals surface area (Å²) in [4.78, 5) is 2.64. The molecule has 0 unspecified atom stereocenters. The van der Waals surface area contributed by atoms with E-state index in [0.717, 1.165) is 30.4 Å². The van der Waals surface area contributed by atoms with Gasteiger partial charge in [-0.1, -0.05) is 31.6 Å². The number of hydrogen-bond acceptors (Lipinski definition) is 2. The first-order chi connectivity index (χ1) is 10.3. The van der Waals surface area contributed by atoms with Gasteiger partial charge in [0, 0.05) is 12.6 Å². The van der Waals surface area contributed by atoms with Crippen molar-refractivity contribution in [2.45, 2.75) is 52.0 Å². The molecule has 120 valence electrons. The number of piperidine rings is 1. The second kappa shape index (κ2) is 5.68. The third-order valence-corrected chi connectivity index (χ3v) is 6.71. The minimum Gasteiger partial charge on any atom is -0.507 e. The number of halogens is 1. The van der Waals surface area contributed by atoms with Crippen LogP contribution in [-0.2, 0) is 11.8 Å². The van der Waals surface area contributed by atoms with Gasteiger partial charge in [0.2, 0.25) is 0 Å². The Balaban J connectivity index is 2.01. The standard InChI is InChI=1S/C19H26BrNO/c1-12(2)7-9-21-10-8-19(4)13(3)15(21)11-14-5-6-16(22)18(20)17(14)19/h5-7,13,15,22H,8-11H2,1-4H3/t13-,15+,19+/m1/s1. The van der Waals surface area contributed by atoms with Crippen molar-refractivity contribution in [3.05, 3.63) is 39.4 Å². The molecule has 1 heterocycles. The Kier molecular flexibility index (Phi) is 4.15. The van der Waals surface area contributed by atoms with Gasteiger partial charge in [-0.25, -0.2) is 0 Å². The predicted octanol–water partition coefficient (Wildman–Crippen LogP) is 4.65. The summed E-state index contributed by atoms with van der Waals surface area (Å²) >= 11 is 3.65. The van der Waals surface area contributed by atoms with Crippen LogP contribution in [0.1, 0.15) is 45.2 Å². The van der Waals surface area contributed by atoms with Crippen LogP contribution < -0.4 is 0 Å². The Hall–Kier alpha value is -0.800. The molecule has 0 amide bonds. The summed E-state index contributed by atoms with van der Waals surface area (Å²) < 4.78 is 0.913. The van der Waals surface area contributed by atoms with Crippen molar-refractivity contribution in [3.63, 3.8) is 0 Å². The highest BCUT2D eigenvalue weighted by molar-refractivity contribution is 9.10. The fraction of sp³-hybridized carbons (Fsp3) is 0.579. The molecule has 0 aromatic heterocycles. The van der Waals surface area contributed by atoms with Crippen molar-refractivity contribution in [3.8, 4) is 5.75 Å². The van der Waals surface area contributed by atoms with E-state index in [2.05, 4.69) is 60.7 Å². The quantitative estimate of drug-likeness (QED) is 0.773. The number of nitrogens with zero attached hydrogens (tertiary/aromatic N) is 1. The van der Waals surface area contributed by atoms with Crippen molar-refractivity contribution < 1.29 is 5.11 Å². The average molecular weight is 364 g/mol. The van der Waals surface area contributed by atoms with Crippen molar-refractivity contribution in [2.75, 3.05) is 13.1 Å². The van der Waals surface area contributed by atoms with E-state index in [4.69, 9.17) is 0 Å². The van der Waals surface area contributed by atoms with E-state index in [1.807, 2.05) is 6.07 Å². The van der Waals surface area contributed by atoms with Gasteiger partial charge in [-0.15, -0.1) is 0 Å². The number of fused-ring (bicyclic) bond motifs is 4. The summed E-state index contributed by atoms with van der Waals surface area (Å²) in [6.07, 6.45) is 4.58. The van der Waals surface area contributed by atoms with Gasteiger partial charge >= 0.3 is 0 Å². The van der Waals surface area contributed by atoms with Crippen molar-refractivity contribution in [2.24, 2.45) is 5.92 Å². The van der Waals surface area contributed by atoms with Crippen LogP contribution in [-0.4, -0.2) is 29.1 Å². The monoisotopic (exact) mass is 363 g/mol. The summed E-state index contributed by atoms with van der Waals surface area (Å²) in [7, 11) is 0. The molecule has 3 atom stereocenters. The smallest absolute Gasteiger partial charge is 0.130 e. The molecule has 1 aliphatic heterocycles. The number of aromatic hydroxyl groups is 1. The van der Waals surface area contributed by atoms with E-state index >= 15 is 0 Å². The molecule has 1 fully saturated rings.